The van der Waals surface area contributed by atoms with Crippen molar-refractivity contribution in [2.45, 2.75) is 62.4 Å². The van der Waals surface area contributed by atoms with E-state index in [0.29, 0.717) is 12.8 Å². The highest BCUT2D eigenvalue weighted by molar-refractivity contribution is 6.06. The minimum atomic E-state index is -1.88. The van der Waals surface area contributed by atoms with Crippen LogP contribution >= 0.6 is 0 Å². The Morgan fingerprint density at radius 1 is 1.00 bits per heavy atom. The van der Waals surface area contributed by atoms with Crippen LogP contribution in [0.5, 0.6) is 17.2 Å². The number of nitro groups is 1. The molecule has 3 aliphatic rings. The van der Waals surface area contributed by atoms with Crippen molar-refractivity contribution in [2.24, 2.45) is 0 Å². The quantitative estimate of drug-likeness (QED) is 0.121. The van der Waals surface area contributed by atoms with E-state index in [-0.39, 0.29) is 41.6 Å². The van der Waals surface area contributed by atoms with Gasteiger partial charge in [0.25, 0.3) is 5.91 Å². The molecule has 0 spiro atoms. The summed E-state index contributed by atoms with van der Waals surface area (Å²) >= 11 is 0. The minimum absolute atomic E-state index is 0.0444. The van der Waals surface area contributed by atoms with E-state index in [2.05, 4.69) is 0 Å². The highest BCUT2D eigenvalue weighted by atomic mass is 16.7. The van der Waals surface area contributed by atoms with Crippen LogP contribution in [0.1, 0.15) is 28.8 Å². The zero-order chi connectivity index (χ0) is 36.6. The van der Waals surface area contributed by atoms with Gasteiger partial charge in [-0.2, -0.15) is 4.79 Å². The molecular weight excluding hydrogens is 674 g/mol. The highest BCUT2D eigenvalue weighted by Crippen LogP contribution is 2.51. The highest BCUT2D eigenvalue weighted by Gasteiger charge is 2.60. The molecule has 3 aromatic rings. The van der Waals surface area contributed by atoms with E-state index in [1.807, 2.05) is 30.3 Å². The van der Waals surface area contributed by atoms with E-state index < -0.39 is 82.4 Å². The van der Waals surface area contributed by atoms with Crippen LogP contribution < -0.4 is 18.7 Å². The average Bonchev–Trinajstić information content (AvgIpc) is 3.62. The summed E-state index contributed by atoms with van der Waals surface area (Å²) in [5, 5.41) is 65.3. The van der Waals surface area contributed by atoms with E-state index in [4.69, 9.17) is 23.7 Å². The number of ether oxygens (including phenoxy) is 5. The molecule has 0 aliphatic carbocycles. The Labute approximate surface area is 291 Å². The van der Waals surface area contributed by atoms with Crippen LogP contribution in [0.15, 0.2) is 60.7 Å². The van der Waals surface area contributed by atoms with Crippen LogP contribution in [0.4, 0.5) is 21.9 Å². The van der Waals surface area contributed by atoms with Gasteiger partial charge in [-0.15, -0.1) is 4.48 Å². The molecule has 17 heteroatoms. The van der Waals surface area contributed by atoms with Gasteiger partial charge in [0.1, 0.15) is 42.6 Å². The van der Waals surface area contributed by atoms with E-state index in [1.54, 1.807) is 0 Å². The third-order valence-electron chi connectivity index (χ3n) is 9.53. The van der Waals surface area contributed by atoms with Crippen molar-refractivity contribution in [2.75, 3.05) is 27.4 Å². The summed E-state index contributed by atoms with van der Waals surface area (Å²) < 4.78 is 26.8. The number of aliphatic hydroxyl groups excluding tert-OH is 5. The van der Waals surface area contributed by atoms with Crippen LogP contribution in [0.3, 0.4) is 0 Å². The van der Waals surface area contributed by atoms with Crippen LogP contribution in [0.2, 0.25) is 0 Å². The summed E-state index contributed by atoms with van der Waals surface area (Å²) in [7, 11) is 2.46. The second-order valence-corrected chi connectivity index (χ2v) is 12.3. The van der Waals surface area contributed by atoms with Gasteiger partial charge in [0, 0.05) is 24.7 Å². The van der Waals surface area contributed by atoms with Crippen molar-refractivity contribution in [3.05, 3.63) is 81.9 Å². The van der Waals surface area contributed by atoms with Gasteiger partial charge in [0.15, 0.2) is 22.9 Å². The number of hydrogen-bond donors (Lipinski definition) is 5. The Kier molecular flexibility index (Phi) is 10.1. The molecule has 2 saturated heterocycles. The Hall–Kier alpha value is -4.88. The Morgan fingerprint density at radius 3 is 2.41 bits per heavy atom. The van der Waals surface area contributed by atoms with Crippen molar-refractivity contribution in [3.8, 4) is 17.2 Å². The molecule has 3 aliphatic heterocycles. The number of carbonyl (C=O) groups is 2. The third-order valence-corrected chi connectivity index (χ3v) is 9.53. The fourth-order valence-electron chi connectivity index (χ4n) is 6.93. The number of fused-ring (bicyclic) bond motifs is 2. The number of rotatable bonds is 9. The number of methoxy groups -OCH3 is 2. The predicted molar refractivity (Wildman–Crippen MR) is 175 cm³/mol. The molecule has 3 heterocycles. The SMILES string of the molecule is COC(=O)[N+]1(c2ccc(OC3O[C@H](CO)[C@H](O)[C@H](O)[C@H]3O)c([N+](=O)[O-])c2)c2cc(OCc3ccccc3)c(OC)cc2C(=O)N2CCCC2[C@@H]1O. The van der Waals surface area contributed by atoms with Crippen LogP contribution in [0.25, 0.3) is 0 Å². The number of benzene rings is 3. The number of nitro benzene ring substituents is 1. The molecule has 3 unspecified atom stereocenters. The number of carbonyl (C=O) groups excluding carboxylic acids is 2. The molecule has 51 heavy (non-hydrogen) atoms. The topological polar surface area (TPSA) is 228 Å². The largest absolute Gasteiger partial charge is 0.528 e. The van der Waals surface area contributed by atoms with Gasteiger partial charge in [-0.3, -0.25) is 14.9 Å². The van der Waals surface area contributed by atoms with Crippen molar-refractivity contribution >= 4 is 29.1 Å². The summed E-state index contributed by atoms with van der Waals surface area (Å²) in [6.07, 6.45) is -10.5. The lowest BCUT2D eigenvalue weighted by Gasteiger charge is -2.40. The Morgan fingerprint density at radius 2 is 1.75 bits per heavy atom. The molecule has 2 fully saturated rings. The maximum absolute atomic E-state index is 14.3. The first-order valence-corrected chi connectivity index (χ1v) is 16.1. The van der Waals surface area contributed by atoms with Crippen molar-refractivity contribution in [1.29, 1.82) is 0 Å². The van der Waals surface area contributed by atoms with Crippen LogP contribution in [-0.2, 0) is 16.1 Å². The van der Waals surface area contributed by atoms with E-state index in [9.17, 15) is 45.2 Å². The number of aliphatic hydroxyl groups is 5. The summed E-state index contributed by atoms with van der Waals surface area (Å²) in [5.74, 6) is -0.741. The molecule has 5 N–H and O–H groups in total. The monoisotopic (exact) mass is 712 g/mol. The second-order valence-electron chi connectivity index (χ2n) is 12.3. The standard InChI is InChI=1S/C34H38N3O14/c1-47-25-14-20-23(15-26(25)49-17-18-7-4-3-5-8-18)37(34(44)48-2,32(43)21-9-6-12-35(21)31(20)42)19-10-11-24(22(13-19)36(45)46)50-33-30(41)29(40)28(39)27(16-38)51-33/h3-5,7-8,10-11,13-15,21,27-30,32-33,38-41,43H,6,9,12,16-17H2,1-2H3/q+1/t21?,27-,28+,29+,30-,32+,33?,37?/m1/s1. The van der Waals surface area contributed by atoms with Gasteiger partial charge in [-0.1, -0.05) is 30.3 Å². The molecule has 0 aromatic heterocycles. The first kappa shape index (κ1) is 35.9. The molecule has 0 bridgehead atoms. The fraction of sp³-hybridized carbons (Fsp3) is 0.412. The van der Waals surface area contributed by atoms with E-state index in [1.165, 1.54) is 30.2 Å². The predicted octanol–water partition coefficient (Wildman–Crippen LogP) is 1.70. The molecule has 2 amide bonds. The zero-order valence-corrected chi connectivity index (χ0v) is 27.6. The van der Waals surface area contributed by atoms with Crippen molar-refractivity contribution < 1.29 is 63.7 Å². The molecule has 17 nitrogen and oxygen atoms in total. The molecule has 0 radical (unpaired) electrons. The molecular formula is C34H38N3O14+. The van der Waals surface area contributed by atoms with Crippen molar-refractivity contribution in [1.82, 2.24) is 9.38 Å². The Balaban J connectivity index is 1.53. The van der Waals surface area contributed by atoms with Gasteiger partial charge >= 0.3 is 11.8 Å². The van der Waals surface area contributed by atoms with Gasteiger partial charge in [0.05, 0.1) is 31.8 Å². The lowest BCUT2D eigenvalue weighted by molar-refractivity contribution is -0.387. The molecule has 0 saturated carbocycles. The average molecular weight is 713 g/mol. The van der Waals surface area contributed by atoms with Crippen LogP contribution in [0, 0.1) is 10.1 Å². The number of amides is 2. The van der Waals surface area contributed by atoms with Gasteiger partial charge in [-0.25, -0.2) is 0 Å². The summed E-state index contributed by atoms with van der Waals surface area (Å²) in [4.78, 5) is 41.6. The van der Waals surface area contributed by atoms with E-state index in [0.717, 1.165) is 24.8 Å². The maximum atomic E-state index is 14.3. The van der Waals surface area contributed by atoms with Gasteiger partial charge < -0.3 is 54.1 Å². The third kappa shape index (κ3) is 6.12. The summed E-state index contributed by atoms with van der Waals surface area (Å²) in [6, 6.07) is 14.3. The van der Waals surface area contributed by atoms with Crippen molar-refractivity contribution in [3.63, 3.8) is 0 Å². The molecule has 6 rings (SSSR count). The lowest BCUT2D eigenvalue weighted by Crippen LogP contribution is -2.62. The molecule has 272 valence electrons. The van der Waals surface area contributed by atoms with E-state index >= 15 is 0 Å². The van der Waals surface area contributed by atoms with Crippen LogP contribution in [-0.4, -0.2) is 118 Å². The zero-order valence-electron chi connectivity index (χ0n) is 27.6. The maximum Gasteiger partial charge on any atom is 0.528 e. The summed E-state index contributed by atoms with van der Waals surface area (Å²) in [6.45, 7) is -0.433. The number of nitrogens with zero attached hydrogens (tertiary/aromatic N) is 3. The normalized spacial score (nSPS) is 28.6. The smallest absolute Gasteiger partial charge is 0.493 e. The van der Waals surface area contributed by atoms with Gasteiger partial charge in [-0.05, 0) is 24.5 Å². The lowest BCUT2D eigenvalue weighted by atomic mass is 9.99. The second kappa shape index (κ2) is 14.4. The number of hydrogen-bond acceptors (Lipinski definition) is 14. The minimum Gasteiger partial charge on any atom is -0.493 e. The Bertz CT molecular complexity index is 1790. The summed E-state index contributed by atoms with van der Waals surface area (Å²) in [5.41, 5.74) is -0.297. The molecule has 3 aromatic carbocycles. The fourth-order valence-corrected chi connectivity index (χ4v) is 6.93. The first-order chi connectivity index (χ1) is 24.5. The molecule has 8 atom stereocenters. The number of quaternary nitrogens is 1. The first-order valence-electron chi connectivity index (χ1n) is 16.1. The van der Waals surface area contributed by atoms with Gasteiger partial charge in [0.2, 0.25) is 18.3 Å².